The molecule has 1 heterocycles. The normalized spacial score (nSPS) is 11.4. The number of carbonyl (C=O) groups is 1. The summed E-state index contributed by atoms with van der Waals surface area (Å²) >= 11 is 0. The smallest absolute Gasteiger partial charge is 0.417 e. The molecule has 0 spiro atoms. The lowest BCUT2D eigenvalue weighted by atomic mass is 10.0. The van der Waals surface area contributed by atoms with Gasteiger partial charge in [0.2, 0.25) is 5.78 Å². The molecule has 0 saturated carbocycles. The third kappa shape index (κ3) is 2.38. The topological polar surface area (TPSA) is 44.1 Å². The van der Waals surface area contributed by atoms with Crippen molar-refractivity contribution in [3.63, 3.8) is 0 Å². The molecule has 0 atom stereocenters. The number of aromatic nitrogens is 2. The van der Waals surface area contributed by atoms with E-state index in [0.717, 1.165) is 12.1 Å². The summed E-state index contributed by atoms with van der Waals surface area (Å²) in [6, 6.07) is 4.62. The minimum atomic E-state index is -4.60. The molecule has 20 heavy (non-hydrogen) atoms. The molecule has 2 rings (SSSR count). The van der Waals surface area contributed by atoms with Crippen LogP contribution in [0.4, 0.5) is 13.2 Å². The largest absolute Gasteiger partial charge is 0.493 e. The molecule has 7 heteroatoms. The van der Waals surface area contributed by atoms with Gasteiger partial charge < -0.3 is 4.74 Å². The van der Waals surface area contributed by atoms with Gasteiger partial charge in [-0.05, 0) is 6.07 Å². The molecule has 0 amide bonds. The van der Waals surface area contributed by atoms with Gasteiger partial charge in [-0.1, -0.05) is 18.2 Å². The molecule has 106 valence electrons. The molecule has 0 unspecified atom stereocenters. The second-order valence-corrected chi connectivity index (χ2v) is 4.06. The fourth-order valence-corrected chi connectivity index (χ4v) is 1.88. The van der Waals surface area contributed by atoms with Crippen LogP contribution in [0, 0.1) is 0 Å². The molecule has 4 nitrogen and oxygen atoms in total. The highest BCUT2D eigenvalue weighted by Crippen LogP contribution is 2.33. The number of methoxy groups -OCH3 is 1. The van der Waals surface area contributed by atoms with Gasteiger partial charge in [-0.3, -0.25) is 9.48 Å². The lowest BCUT2D eigenvalue weighted by Crippen LogP contribution is -2.16. The highest BCUT2D eigenvalue weighted by Gasteiger charge is 2.36. The Morgan fingerprint density at radius 1 is 1.30 bits per heavy atom. The monoisotopic (exact) mass is 284 g/mol. The lowest BCUT2D eigenvalue weighted by molar-refractivity contribution is -0.137. The van der Waals surface area contributed by atoms with Crippen molar-refractivity contribution in [3.8, 4) is 5.75 Å². The van der Waals surface area contributed by atoms with E-state index in [0.29, 0.717) is 0 Å². The van der Waals surface area contributed by atoms with Crippen LogP contribution in [0.25, 0.3) is 0 Å². The van der Waals surface area contributed by atoms with Gasteiger partial charge in [0.25, 0.3) is 0 Å². The van der Waals surface area contributed by atoms with Crippen molar-refractivity contribution in [3.05, 3.63) is 47.3 Å². The zero-order chi connectivity index (χ0) is 14.9. The van der Waals surface area contributed by atoms with E-state index in [1.807, 2.05) is 0 Å². The number of alkyl halides is 3. The number of carbonyl (C=O) groups excluding carboxylic acids is 1. The summed E-state index contributed by atoms with van der Waals surface area (Å²) in [6.45, 7) is 0. The summed E-state index contributed by atoms with van der Waals surface area (Å²) in [7, 11) is 2.79. The molecule has 1 aromatic heterocycles. The van der Waals surface area contributed by atoms with E-state index < -0.39 is 23.1 Å². The summed E-state index contributed by atoms with van der Waals surface area (Å²) in [5.74, 6) is -0.649. The maximum Gasteiger partial charge on any atom is 0.417 e. The molecule has 0 saturated heterocycles. The van der Waals surface area contributed by atoms with Crippen LogP contribution in [-0.4, -0.2) is 22.7 Å². The molecule has 0 N–H and O–H groups in total. The number of halogens is 3. The maximum absolute atomic E-state index is 12.9. The molecule has 1 aromatic carbocycles. The molecule has 0 aliphatic heterocycles. The van der Waals surface area contributed by atoms with Gasteiger partial charge in [-0.15, -0.1) is 0 Å². The number of aryl methyl sites for hydroxylation is 1. The highest BCUT2D eigenvalue weighted by atomic mass is 19.4. The number of benzene rings is 1. The fraction of sp³-hybridized carbons (Fsp3) is 0.231. The van der Waals surface area contributed by atoms with E-state index in [9.17, 15) is 18.0 Å². The number of ether oxygens (including phenoxy) is 1. The van der Waals surface area contributed by atoms with Gasteiger partial charge in [0.15, 0.2) is 11.4 Å². The van der Waals surface area contributed by atoms with Crippen molar-refractivity contribution in [2.24, 2.45) is 7.05 Å². The Labute approximate surface area is 112 Å². The molecule has 2 aromatic rings. The van der Waals surface area contributed by atoms with Crippen molar-refractivity contribution in [1.29, 1.82) is 0 Å². The maximum atomic E-state index is 12.9. The van der Waals surface area contributed by atoms with E-state index in [4.69, 9.17) is 4.74 Å². The number of hydrogen-bond acceptors (Lipinski definition) is 3. The first-order valence-corrected chi connectivity index (χ1v) is 5.63. The van der Waals surface area contributed by atoms with Crippen LogP contribution < -0.4 is 4.74 Å². The quantitative estimate of drug-likeness (QED) is 0.814. The SMILES string of the molecule is COc1cnn(C)c1C(=O)c1ccccc1C(F)(F)F. The number of hydrogen-bond donors (Lipinski definition) is 0. The Bertz CT molecular complexity index is 647. The Morgan fingerprint density at radius 3 is 2.55 bits per heavy atom. The zero-order valence-corrected chi connectivity index (χ0v) is 10.7. The molecule has 0 fully saturated rings. The first kappa shape index (κ1) is 14.1. The van der Waals surface area contributed by atoms with Gasteiger partial charge >= 0.3 is 6.18 Å². The third-order valence-electron chi connectivity index (χ3n) is 2.82. The highest BCUT2D eigenvalue weighted by molar-refractivity contribution is 6.10. The Hall–Kier alpha value is -2.31. The number of nitrogens with zero attached hydrogens (tertiary/aromatic N) is 2. The molecular formula is C13H11F3N2O2. The molecule has 0 radical (unpaired) electrons. The van der Waals surface area contributed by atoms with Crippen LogP contribution in [0.5, 0.6) is 5.75 Å². The number of rotatable bonds is 3. The molecule has 0 aliphatic carbocycles. The van der Waals surface area contributed by atoms with Crippen molar-refractivity contribution in [2.45, 2.75) is 6.18 Å². The van der Waals surface area contributed by atoms with Crippen LogP contribution >= 0.6 is 0 Å². The van der Waals surface area contributed by atoms with Gasteiger partial charge in [0.1, 0.15) is 0 Å². The first-order chi connectivity index (χ1) is 9.36. The van der Waals surface area contributed by atoms with Crippen LogP contribution in [0.1, 0.15) is 21.6 Å². The fourth-order valence-electron chi connectivity index (χ4n) is 1.88. The molecule has 0 aliphatic rings. The van der Waals surface area contributed by atoms with Crippen molar-refractivity contribution < 1.29 is 22.7 Å². The first-order valence-electron chi connectivity index (χ1n) is 5.63. The minimum absolute atomic E-state index is 0.0239. The lowest BCUT2D eigenvalue weighted by Gasteiger charge is -2.12. The zero-order valence-electron chi connectivity index (χ0n) is 10.7. The van der Waals surface area contributed by atoms with Gasteiger partial charge in [-0.2, -0.15) is 18.3 Å². The van der Waals surface area contributed by atoms with Crippen LogP contribution in [0.2, 0.25) is 0 Å². The van der Waals surface area contributed by atoms with Crippen molar-refractivity contribution >= 4 is 5.78 Å². The minimum Gasteiger partial charge on any atom is -0.493 e. The van der Waals surface area contributed by atoms with Crippen LogP contribution in [-0.2, 0) is 13.2 Å². The van der Waals surface area contributed by atoms with Crippen LogP contribution in [0.15, 0.2) is 30.5 Å². The molecule has 0 bridgehead atoms. The van der Waals surface area contributed by atoms with E-state index in [-0.39, 0.29) is 11.4 Å². The van der Waals surface area contributed by atoms with Gasteiger partial charge in [-0.25, -0.2) is 0 Å². The summed E-state index contributed by atoms with van der Waals surface area (Å²) < 4.78 is 44.9. The second-order valence-electron chi connectivity index (χ2n) is 4.06. The average Bonchev–Trinajstić information content (AvgIpc) is 2.78. The Kier molecular flexibility index (Phi) is 3.52. The van der Waals surface area contributed by atoms with Gasteiger partial charge in [0, 0.05) is 12.6 Å². The van der Waals surface area contributed by atoms with E-state index in [1.165, 1.54) is 37.2 Å². The molecular weight excluding hydrogens is 273 g/mol. The van der Waals surface area contributed by atoms with Crippen LogP contribution in [0.3, 0.4) is 0 Å². The predicted molar refractivity (Wildman–Crippen MR) is 64.6 cm³/mol. The van der Waals surface area contributed by atoms with Crippen molar-refractivity contribution in [1.82, 2.24) is 9.78 Å². The predicted octanol–water partition coefficient (Wildman–Crippen LogP) is 2.68. The Morgan fingerprint density at radius 2 is 1.95 bits per heavy atom. The Balaban J connectivity index is 2.58. The standard InChI is InChI=1S/C13H11F3N2O2/c1-18-11(10(20-2)7-17-18)12(19)8-5-3-4-6-9(8)13(14,15)16/h3-7H,1-2H3. The van der Waals surface area contributed by atoms with E-state index >= 15 is 0 Å². The van der Waals surface area contributed by atoms with E-state index in [1.54, 1.807) is 0 Å². The average molecular weight is 284 g/mol. The number of ketones is 1. The summed E-state index contributed by atoms with van der Waals surface area (Å²) in [5.41, 5.74) is -1.43. The second kappa shape index (κ2) is 4.99. The summed E-state index contributed by atoms with van der Waals surface area (Å²) in [6.07, 6.45) is -3.32. The third-order valence-corrected chi connectivity index (χ3v) is 2.82. The van der Waals surface area contributed by atoms with Gasteiger partial charge in [0.05, 0.1) is 18.9 Å². The van der Waals surface area contributed by atoms with Crippen molar-refractivity contribution in [2.75, 3.05) is 7.11 Å². The summed E-state index contributed by atoms with van der Waals surface area (Å²) in [4.78, 5) is 12.3. The van der Waals surface area contributed by atoms with E-state index in [2.05, 4.69) is 5.10 Å². The summed E-state index contributed by atoms with van der Waals surface area (Å²) in [5, 5.41) is 3.82.